The Morgan fingerprint density at radius 1 is 1.19 bits per heavy atom. The maximum Gasteiger partial charge on any atom is 0.492 e. The van der Waals surface area contributed by atoms with Crippen molar-refractivity contribution in [2.24, 2.45) is 0 Å². The molecule has 0 aromatic heterocycles. The molecule has 1 rings (SSSR count). The number of rotatable bonds is 6. The van der Waals surface area contributed by atoms with Crippen molar-refractivity contribution in [3.8, 4) is 12.1 Å². The molecule has 3 N–H and O–H groups in total. The lowest BCUT2D eigenvalue weighted by Gasteiger charge is -2.20. The first-order chi connectivity index (χ1) is 9.85. The largest absolute Gasteiger partial charge is 0.492 e. The normalized spacial score (nSPS) is 10.4. The summed E-state index contributed by atoms with van der Waals surface area (Å²) in [5.41, 5.74) is 1.73. The summed E-state index contributed by atoms with van der Waals surface area (Å²) in [4.78, 5) is 28.7. The van der Waals surface area contributed by atoms with Crippen LogP contribution in [0.4, 0.5) is 5.69 Å². The molecule has 6 nitrogen and oxygen atoms in total. The number of hydrogen-bond acceptors (Lipinski definition) is 6. The van der Waals surface area contributed by atoms with E-state index in [1.807, 2.05) is 24.1 Å². The van der Waals surface area contributed by atoms with Gasteiger partial charge >= 0.3 is 8.80 Å². The van der Waals surface area contributed by atoms with Crippen LogP contribution in [0.1, 0.15) is 12.0 Å². The first-order valence-corrected chi connectivity index (χ1v) is 8.41. The summed E-state index contributed by atoms with van der Waals surface area (Å²) in [6.45, 7) is 0.577. The molecule has 0 spiro atoms. The van der Waals surface area contributed by atoms with Gasteiger partial charge in [0.15, 0.2) is 0 Å². The van der Waals surface area contributed by atoms with Gasteiger partial charge in [0, 0.05) is 25.3 Å². The molecule has 0 amide bonds. The van der Waals surface area contributed by atoms with Gasteiger partial charge in [-0.25, -0.2) is 0 Å². The van der Waals surface area contributed by atoms with Crippen molar-refractivity contribution in [3.63, 3.8) is 0 Å². The zero-order chi connectivity index (χ0) is 15.9. The first-order valence-electron chi connectivity index (χ1n) is 6.36. The maximum absolute atomic E-state index is 8.94. The van der Waals surface area contributed by atoms with Crippen LogP contribution < -0.4 is 4.90 Å². The Hall–Kier alpha value is -2.16. The molecule has 0 radical (unpaired) electrons. The molecule has 0 aliphatic heterocycles. The third-order valence-corrected chi connectivity index (χ3v) is 3.92. The number of anilines is 1. The second-order valence-corrected chi connectivity index (χ2v) is 6.72. The van der Waals surface area contributed by atoms with Crippen molar-refractivity contribution >= 4 is 20.6 Å². The van der Waals surface area contributed by atoms with Crippen molar-refractivity contribution in [2.45, 2.75) is 12.5 Å². The van der Waals surface area contributed by atoms with E-state index in [0.717, 1.165) is 11.3 Å². The zero-order valence-electron chi connectivity index (χ0n) is 11.7. The number of nitriles is 2. The third-order valence-electron chi connectivity index (χ3n) is 2.89. The molecular weight excluding hydrogens is 286 g/mol. The number of nitrogens with zero attached hydrogens (tertiary/aromatic N) is 3. The van der Waals surface area contributed by atoms with Crippen LogP contribution in [0.15, 0.2) is 29.8 Å². The van der Waals surface area contributed by atoms with E-state index in [4.69, 9.17) is 24.9 Å². The van der Waals surface area contributed by atoms with E-state index in [9.17, 15) is 0 Å². The highest BCUT2D eigenvalue weighted by Gasteiger charge is 2.25. The molecule has 0 fully saturated rings. The molecule has 0 aliphatic rings. The number of benzene rings is 1. The number of hydrogen-bond donors (Lipinski definition) is 3. The molecule has 0 aliphatic carbocycles. The fourth-order valence-corrected chi connectivity index (χ4v) is 2.40. The van der Waals surface area contributed by atoms with Gasteiger partial charge in [-0.15, -0.1) is 0 Å². The molecule has 7 heteroatoms. The van der Waals surface area contributed by atoms with Crippen LogP contribution in [-0.4, -0.2) is 36.8 Å². The van der Waals surface area contributed by atoms with E-state index in [0.29, 0.717) is 13.0 Å². The minimum atomic E-state index is -3.96. The average Bonchev–Trinajstić information content (AvgIpc) is 2.44. The Balaban J connectivity index is 2.64. The zero-order valence-corrected chi connectivity index (χ0v) is 12.7. The summed E-state index contributed by atoms with van der Waals surface area (Å²) >= 11 is 0. The topological polar surface area (TPSA) is 112 Å². The molecule has 0 heterocycles. The van der Waals surface area contributed by atoms with Gasteiger partial charge in [-0.2, -0.15) is 10.5 Å². The van der Waals surface area contributed by atoms with Crippen molar-refractivity contribution < 1.29 is 14.4 Å². The van der Waals surface area contributed by atoms with Crippen molar-refractivity contribution in [2.75, 3.05) is 18.5 Å². The molecule has 1 aromatic rings. The SMILES string of the molecule is CN(CCC[Si](O)(O)O)c1ccc(C=C(C#N)C#N)cc1. The van der Waals surface area contributed by atoms with Gasteiger partial charge in [0.2, 0.25) is 0 Å². The van der Waals surface area contributed by atoms with Crippen LogP contribution in [0.5, 0.6) is 0 Å². The minimum absolute atomic E-state index is 0.00581. The van der Waals surface area contributed by atoms with Crippen molar-refractivity contribution in [3.05, 3.63) is 35.4 Å². The van der Waals surface area contributed by atoms with E-state index in [2.05, 4.69) is 0 Å². The molecule has 0 saturated heterocycles. The van der Waals surface area contributed by atoms with Gasteiger partial charge < -0.3 is 19.3 Å². The Morgan fingerprint density at radius 2 is 1.76 bits per heavy atom. The summed E-state index contributed by atoms with van der Waals surface area (Å²) in [5.74, 6) is 0. The van der Waals surface area contributed by atoms with Crippen LogP contribution >= 0.6 is 0 Å². The molecule has 0 bridgehead atoms. The van der Waals surface area contributed by atoms with Crippen LogP contribution in [0.3, 0.4) is 0 Å². The molecule has 110 valence electrons. The summed E-state index contributed by atoms with van der Waals surface area (Å²) in [6.07, 6.45) is 1.98. The fourth-order valence-electron chi connectivity index (χ4n) is 1.76. The standard InChI is InChI=1S/C14H17N3O3Si/c1-17(7-2-8-21(18,19)20)14-5-3-12(4-6-14)9-13(10-15)11-16/h3-6,9,18-20H,2,7-8H2,1H3. The summed E-state index contributed by atoms with van der Waals surface area (Å²) < 4.78 is 0. The van der Waals surface area contributed by atoms with Crippen LogP contribution in [-0.2, 0) is 0 Å². The lowest BCUT2D eigenvalue weighted by molar-refractivity contribution is 0.227. The van der Waals surface area contributed by atoms with E-state index in [1.54, 1.807) is 24.3 Å². The van der Waals surface area contributed by atoms with Gasteiger partial charge in [-0.05, 0) is 30.2 Å². The monoisotopic (exact) mass is 303 g/mol. The Bertz CT molecular complexity index is 563. The van der Waals surface area contributed by atoms with Crippen LogP contribution in [0.2, 0.25) is 6.04 Å². The van der Waals surface area contributed by atoms with E-state index >= 15 is 0 Å². The van der Waals surface area contributed by atoms with Gasteiger partial charge in [0.1, 0.15) is 17.7 Å². The smallest absolute Gasteiger partial charge is 0.390 e. The van der Waals surface area contributed by atoms with Crippen molar-refractivity contribution in [1.29, 1.82) is 10.5 Å². The van der Waals surface area contributed by atoms with Gasteiger partial charge in [-0.3, -0.25) is 0 Å². The lowest BCUT2D eigenvalue weighted by atomic mass is 10.1. The molecule has 21 heavy (non-hydrogen) atoms. The third kappa shape index (κ3) is 6.21. The highest BCUT2D eigenvalue weighted by Crippen LogP contribution is 2.16. The highest BCUT2D eigenvalue weighted by atomic mass is 28.4. The fraction of sp³-hybridized carbons (Fsp3) is 0.286. The van der Waals surface area contributed by atoms with Gasteiger partial charge in [0.05, 0.1) is 0 Å². The minimum Gasteiger partial charge on any atom is -0.390 e. The maximum atomic E-state index is 8.94. The Labute approximate surface area is 124 Å². The molecule has 0 saturated carbocycles. The van der Waals surface area contributed by atoms with Gasteiger partial charge in [0.25, 0.3) is 0 Å². The Kier molecular flexibility index (Phi) is 6.09. The predicted octanol–water partition coefficient (Wildman–Crippen LogP) is 0.859. The molecule has 1 aromatic carbocycles. The summed E-state index contributed by atoms with van der Waals surface area (Å²) in [6, 6.07) is 10.9. The molecular formula is C14H17N3O3Si. The quantitative estimate of drug-likeness (QED) is 0.531. The second-order valence-electron chi connectivity index (χ2n) is 4.67. The van der Waals surface area contributed by atoms with E-state index in [-0.39, 0.29) is 11.6 Å². The predicted molar refractivity (Wildman–Crippen MR) is 80.7 cm³/mol. The summed E-state index contributed by atoms with van der Waals surface area (Å²) in [7, 11) is -2.10. The second kappa shape index (κ2) is 7.57. The molecule has 0 unspecified atom stereocenters. The Morgan fingerprint density at radius 3 is 2.24 bits per heavy atom. The van der Waals surface area contributed by atoms with E-state index in [1.165, 1.54) is 6.08 Å². The molecule has 0 atom stereocenters. The van der Waals surface area contributed by atoms with Gasteiger partial charge in [-0.1, -0.05) is 12.1 Å². The van der Waals surface area contributed by atoms with E-state index < -0.39 is 8.80 Å². The number of allylic oxidation sites excluding steroid dienone is 1. The van der Waals surface area contributed by atoms with Crippen LogP contribution in [0, 0.1) is 22.7 Å². The highest BCUT2D eigenvalue weighted by molar-refractivity contribution is 6.56. The first kappa shape index (κ1) is 16.9. The summed E-state index contributed by atoms with van der Waals surface area (Å²) in [5, 5.41) is 17.4. The average molecular weight is 303 g/mol. The lowest BCUT2D eigenvalue weighted by Crippen LogP contribution is -2.35. The van der Waals surface area contributed by atoms with Crippen molar-refractivity contribution in [1.82, 2.24) is 0 Å². The van der Waals surface area contributed by atoms with Crippen LogP contribution in [0.25, 0.3) is 6.08 Å².